The maximum atomic E-state index is 11.1. The van der Waals surface area contributed by atoms with Gasteiger partial charge in [-0.2, -0.15) is 5.26 Å². The van der Waals surface area contributed by atoms with Gasteiger partial charge in [-0.15, -0.1) is 4.91 Å². The first-order chi connectivity index (χ1) is 11.7. The molecule has 2 aromatic carbocycles. The fourth-order valence-electron chi connectivity index (χ4n) is 2.41. The molecule has 24 heavy (non-hydrogen) atoms. The molecule has 0 aliphatic rings. The van der Waals surface area contributed by atoms with Crippen LogP contribution in [0.25, 0.3) is 21.9 Å². The fraction of sp³-hybridized carbons (Fsp3) is 0.0588. The van der Waals surface area contributed by atoms with Crippen molar-refractivity contribution in [3.63, 3.8) is 0 Å². The minimum Gasteiger partial charge on any atom is -0.268 e. The zero-order valence-corrected chi connectivity index (χ0v) is 13.2. The number of carbonyl (C=O) groups excluding carboxylic acids is 1. The molecule has 0 aliphatic carbocycles. The smallest absolute Gasteiger partial charge is 0.268 e. The van der Waals surface area contributed by atoms with E-state index in [1.54, 1.807) is 12.3 Å². The van der Waals surface area contributed by atoms with Gasteiger partial charge in [0, 0.05) is 22.3 Å². The quantitative estimate of drug-likeness (QED) is 0.411. The lowest BCUT2D eigenvalue weighted by atomic mass is 9.97. The predicted molar refractivity (Wildman–Crippen MR) is 91.2 cm³/mol. The average Bonchev–Trinajstić information content (AvgIpc) is 2.65. The van der Waals surface area contributed by atoms with E-state index < -0.39 is 5.91 Å². The molecule has 0 bridgehead atoms. The SMILES string of the molecule is N#Cc1ccc(-c2cncnc2SCC(=O)N=O)c2ccccc12. The summed E-state index contributed by atoms with van der Waals surface area (Å²) in [4.78, 5) is 29.7. The van der Waals surface area contributed by atoms with Gasteiger partial charge in [-0.1, -0.05) is 42.1 Å². The number of benzene rings is 2. The number of amides is 1. The Hall–Kier alpha value is -3.11. The van der Waals surface area contributed by atoms with Crippen molar-refractivity contribution in [3.05, 3.63) is 59.4 Å². The molecule has 0 aliphatic heterocycles. The highest BCUT2D eigenvalue weighted by Gasteiger charge is 2.14. The molecule has 7 heteroatoms. The summed E-state index contributed by atoms with van der Waals surface area (Å²) in [6, 6.07) is 13.3. The van der Waals surface area contributed by atoms with Gasteiger partial charge in [0.05, 0.1) is 17.4 Å². The molecule has 0 unspecified atom stereocenters. The zero-order chi connectivity index (χ0) is 16.9. The van der Waals surface area contributed by atoms with Crippen LogP contribution >= 0.6 is 11.8 Å². The summed E-state index contributed by atoms with van der Waals surface area (Å²) < 4.78 is 0. The summed E-state index contributed by atoms with van der Waals surface area (Å²) in [5, 5.41) is 14.0. The molecular formula is C17H10N4O2S. The van der Waals surface area contributed by atoms with Gasteiger partial charge in [-0.3, -0.25) is 4.79 Å². The highest BCUT2D eigenvalue weighted by atomic mass is 32.2. The van der Waals surface area contributed by atoms with E-state index in [1.807, 2.05) is 30.3 Å². The molecular weight excluding hydrogens is 324 g/mol. The molecule has 116 valence electrons. The molecule has 1 heterocycles. The molecule has 0 saturated carbocycles. The van der Waals surface area contributed by atoms with Gasteiger partial charge < -0.3 is 0 Å². The first-order valence-corrected chi connectivity index (χ1v) is 7.94. The average molecular weight is 334 g/mol. The van der Waals surface area contributed by atoms with Crippen molar-refractivity contribution in [1.82, 2.24) is 9.97 Å². The maximum Gasteiger partial charge on any atom is 0.296 e. The number of hydrogen-bond acceptors (Lipinski definition) is 6. The maximum absolute atomic E-state index is 11.1. The van der Waals surface area contributed by atoms with Crippen LogP contribution < -0.4 is 0 Å². The summed E-state index contributed by atoms with van der Waals surface area (Å²) in [6.45, 7) is 0. The molecule has 0 N–H and O–H groups in total. The summed E-state index contributed by atoms with van der Waals surface area (Å²) in [5.74, 6) is -0.823. The Morgan fingerprint density at radius 1 is 1.17 bits per heavy atom. The van der Waals surface area contributed by atoms with Crippen molar-refractivity contribution in [2.24, 2.45) is 5.18 Å². The third kappa shape index (κ3) is 3.00. The van der Waals surface area contributed by atoms with E-state index in [0.29, 0.717) is 10.6 Å². The third-order valence-corrected chi connectivity index (χ3v) is 4.43. The molecule has 0 spiro atoms. The van der Waals surface area contributed by atoms with Crippen LogP contribution in [0.15, 0.2) is 59.1 Å². The number of nitroso groups, excluding NO2 is 1. The molecule has 0 atom stereocenters. The molecule has 6 nitrogen and oxygen atoms in total. The van der Waals surface area contributed by atoms with E-state index >= 15 is 0 Å². The Morgan fingerprint density at radius 2 is 1.96 bits per heavy atom. The van der Waals surface area contributed by atoms with Crippen molar-refractivity contribution in [2.45, 2.75) is 5.03 Å². The van der Waals surface area contributed by atoms with Crippen LogP contribution in [0.4, 0.5) is 0 Å². The Labute approximate surface area is 141 Å². The Bertz CT molecular complexity index is 982. The van der Waals surface area contributed by atoms with Gasteiger partial charge >= 0.3 is 0 Å². The van der Waals surface area contributed by atoms with Crippen LogP contribution in [0.2, 0.25) is 0 Å². The number of hydrogen-bond donors (Lipinski definition) is 0. The van der Waals surface area contributed by atoms with Crippen LogP contribution in [0.5, 0.6) is 0 Å². The minimum absolute atomic E-state index is 0.0816. The second-order valence-corrected chi connectivity index (χ2v) is 5.80. The number of thioether (sulfide) groups is 1. The van der Waals surface area contributed by atoms with Crippen LogP contribution in [-0.2, 0) is 4.79 Å². The lowest BCUT2D eigenvalue weighted by Gasteiger charge is -2.10. The molecule has 1 amide bonds. The highest BCUT2D eigenvalue weighted by Crippen LogP contribution is 2.35. The summed E-state index contributed by atoms with van der Waals surface area (Å²) >= 11 is 1.13. The van der Waals surface area contributed by atoms with Gasteiger partial charge in [0.2, 0.25) is 0 Å². The van der Waals surface area contributed by atoms with Gasteiger partial charge in [0.1, 0.15) is 11.4 Å². The van der Waals surface area contributed by atoms with Crippen molar-refractivity contribution in [2.75, 3.05) is 5.75 Å². The van der Waals surface area contributed by atoms with E-state index in [2.05, 4.69) is 21.2 Å². The Kier molecular flexibility index (Phi) is 4.59. The molecule has 0 radical (unpaired) electrons. The lowest BCUT2D eigenvalue weighted by Crippen LogP contribution is -1.97. The van der Waals surface area contributed by atoms with Crippen LogP contribution in [0.1, 0.15) is 5.56 Å². The number of carbonyl (C=O) groups is 1. The number of rotatable bonds is 4. The van der Waals surface area contributed by atoms with E-state index in [0.717, 1.165) is 33.7 Å². The molecule has 0 saturated heterocycles. The van der Waals surface area contributed by atoms with Gasteiger partial charge in [0.15, 0.2) is 0 Å². The lowest BCUT2D eigenvalue weighted by molar-refractivity contribution is -0.115. The number of nitrogens with zero attached hydrogens (tertiary/aromatic N) is 4. The predicted octanol–water partition coefficient (Wildman–Crippen LogP) is 3.55. The summed E-state index contributed by atoms with van der Waals surface area (Å²) in [6.07, 6.45) is 3.04. The molecule has 0 fully saturated rings. The minimum atomic E-state index is -0.741. The van der Waals surface area contributed by atoms with Crippen LogP contribution in [-0.4, -0.2) is 21.6 Å². The second-order valence-electron chi connectivity index (χ2n) is 4.83. The van der Waals surface area contributed by atoms with E-state index in [1.165, 1.54) is 6.33 Å². The summed E-state index contributed by atoms with van der Waals surface area (Å²) in [7, 11) is 0. The first kappa shape index (κ1) is 15.8. The number of nitriles is 1. The van der Waals surface area contributed by atoms with Gasteiger partial charge in [-0.05, 0) is 17.0 Å². The monoisotopic (exact) mass is 334 g/mol. The third-order valence-electron chi connectivity index (χ3n) is 3.44. The van der Waals surface area contributed by atoms with Crippen LogP contribution in [0, 0.1) is 16.2 Å². The zero-order valence-electron chi connectivity index (χ0n) is 12.3. The molecule has 1 aromatic heterocycles. The first-order valence-electron chi connectivity index (χ1n) is 6.96. The molecule has 3 aromatic rings. The summed E-state index contributed by atoms with van der Waals surface area (Å²) in [5.41, 5.74) is 2.18. The normalized spacial score (nSPS) is 10.3. The standard InChI is InChI=1S/C17H10N4O2S/c18-7-11-5-6-14(13-4-2-1-3-12(11)13)15-8-19-10-20-17(15)24-9-16(22)21-23/h1-6,8,10H,9H2. The Morgan fingerprint density at radius 3 is 2.71 bits per heavy atom. The van der Waals surface area contributed by atoms with Crippen molar-refractivity contribution >= 4 is 28.4 Å². The number of fused-ring (bicyclic) bond motifs is 1. The van der Waals surface area contributed by atoms with Gasteiger partial charge in [-0.25, -0.2) is 9.97 Å². The highest BCUT2D eigenvalue weighted by molar-refractivity contribution is 8.00. The van der Waals surface area contributed by atoms with Crippen molar-refractivity contribution < 1.29 is 4.79 Å². The van der Waals surface area contributed by atoms with Crippen LogP contribution in [0.3, 0.4) is 0 Å². The fourth-order valence-corrected chi connectivity index (χ4v) is 3.16. The molecule has 3 rings (SSSR count). The van der Waals surface area contributed by atoms with E-state index in [-0.39, 0.29) is 5.75 Å². The van der Waals surface area contributed by atoms with E-state index in [4.69, 9.17) is 0 Å². The Balaban J connectivity index is 2.14. The second kappa shape index (κ2) is 6.98. The van der Waals surface area contributed by atoms with Crippen molar-refractivity contribution in [3.8, 4) is 17.2 Å². The van der Waals surface area contributed by atoms with Gasteiger partial charge in [0.25, 0.3) is 5.91 Å². The topological polar surface area (TPSA) is 96.1 Å². The largest absolute Gasteiger partial charge is 0.296 e. The number of aromatic nitrogens is 2. The van der Waals surface area contributed by atoms with Crippen molar-refractivity contribution in [1.29, 1.82) is 5.26 Å². The van der Waals surface area contributed by atoms with E-state index in [9.17, 15) is 15.0 Å².